The van der Waals surface area contributed by atoms with Gasteiger partial charge in [-0.05, 0) is 51.0 Å². The van der Waals surface area contributed by atoms with Crippen molar-refractivity contribution in [3.8, 4) is 5.75 Å². The number of carbonyl (C=O) groups excluding carboxylic acids is 1. The van der Waals surface area contributed by atoms with E-state index in [-0.39, 0.29) is 12.0 Å². The maximum Gasteiger partial charge on any atom is 0.222 e. The lowest BCUT2D eigenvalue weighted by Crippen LogP contribution is -2.46. The Balaban J connectivity index is 1.27. The molecule has 2 aromatic rings. The molecule has 1 aromatic carbocycles. The van der Waals surface area contributed by atoms with E-state index in [1.165, 1.54) is 11.4 Å². The molecule has 4 rings (SSSR count). The molecule has 0 bridgehead atoms. The van der Waals surface area contributed by atoms with Crippen LogP contribution < -0.4 is 9.64 Å². The van der Waals surface area contributed by atoms with Crippen molar-refractivity contribution in [2.45, 2.75) is 52.3 Å². The first-order valence-corrected chi connectivity index (χ1v) is 11.3. The normalized spacial score (nSPS) is 18.3. The molecule has 0 radical (unpaired) electrons. The van der Waals surface area contributed by atoms with Crippen LogP contribution in [0.15, 0.2) is 36.4 Å². The lowest BCUT2D eigenvalue weighted by molar-refractivity contribution is -0.133. The average molecular weight is 411 g/mol. The van der Waals surface area contributed by atoms with Crippen LogP contribution >= 0.6 is 0 Å². The number of aromatic amines is 1. The summed E-state index contributed by atoms with van der Waals surface area (Å²) in [5.41, 5.74) is 3.61. The van der Waals surface area contributed by atoms with Crippen LogP contribution in [-0.2, 0) is 17.9 Å². The number of anilines is 1. The molecule has 1 N–H and O–H groups in total. The number of ether oxygens (including phenoxy) is 1. The lowest BCUT2D eigenvalue weighted by Gasteiger charge is -2.36. The number of benzene rings is 1. The van der Waals surface area contributed by atoms with Crippen molar-refractivity contribution in [1.82, 2.24) is 14.8 Å². The van der Waals surface area contributed by atoms with Crippen LogP contribution in [0.5, 0.6) is 5.75 Å². The molecule has 2 saturated heterocycles. The second-order valence-electron chi connectivity index (χ2n) is 8.71. The number of aromatic nitrogens is 1. The Bertz CT molecular complexity index is 839. The van der Waals surface area contributed by atoms with Crippen LogP contribution in [0.1, 0.15) is 44.5 Å². The highest BCUT2D eigenvalue weighted by Crippen LogP contribution is 2.23. The van der Waals surface area contributed by atoms with E-state index < -0.39 is 0 Å². The topological polar surface area (TPSA) is 51.8 Å². The van der Waals surface area contributed by atoms with Gasteiger partial charge >= 0.3 is 0 Å². The molecule has 2 aliphatic rings. The van der Waals surface area contributed by atoms with Crippen LogP contribution in [0, 0.1) is 0 Å². The molecule has 0 unspecified atom stereocenters. The predicted octanol–water partition coefficient (Wildman–Crippen LogP) is 3.64. The first-order valence-electron chi connectivity index (χ1n) is 11.3. The fraction of sp³-hybridized carbons (Fsp3) is 0.542. The standard InChI is InChI=1S/C24H34N4O2/c1-19(2)30-23-7-5-6-22(16-23)27-14-12-26(13-15-27)17-20-9-10-21(25-20)18-28-11-4-3-8-24(28)29/h5-7,9-10,16,19,25H,3-4,8,11-15,17-18H2,1-2H3. The molecule has 1 aromatic heterocycles. The Kier molecular flexibility index (Phi) is 6.62. The maximum absolute atomic E-state index is 12.0. The summed E-state index contributed by atoms with van der Waals surface area (Å²) in [6.45, 7) is 10.7. The summed E-state index contributed by atoms with van der Waals surface area (Å²) in [7, 11) is 0. The van der Waals surface area contributed by atoms with Crippen molar-refractivity contribution < 1.29 is 9.53 Å². The molecule has 0 spiro atoms. The molecule has 2 aliphatic heterocycles. The van der Waals surface area contributed by atoms with Crippen molar-refractivity contribution >= 4 is 11.6 Å². The third-order valence-corrected chi connectivity index (χ3v) is 5.91. The summed E-state index contributed by atoms with van der Waals surface area (Å²) >= 11 is 0. The van der Waals surface area contributed by atoms with Crippen molar-refractivity contribution in [2.24, 2.45) is 0 Å². The molecule has 162 valence electrons. The van der Waals surface area contributed by atoms with E-state index >= 15 is 0 Å². The number of piperidine rings is 1. The Labute approximate surface area is 179 Å². The fourth-order valence-electron chi connectivity index (χ4n) is 4.34. The SMILES string of the molecule is CC(C)Oc1cccc(N2CCN(Cc3ccc(CN4CCCCC4=O)[nH]3)CC2)c1. The highest BCUT2D eigenvalue weighted by Gasteiger charge is 2.20. The minimum atomic E-state index is 0.191. The summed E-state index contributed by atoms with van der Waals surface area (Å²) in [6.07, 6.45) is 3.04. The van der Waals surface area contributed by atoms with Crippen LogP contribution in [0.4, 0.5) is 5.69 Å². The number of carbonyl (C=O) groups is 1. The molecule has 30 heavy (non-hydrogen) atoms. The zero-order valence-corrected chi connectivity index (χ0v) is 18.3. The predicted molar refractivity (Wildman–Crippen MR) is 120 cm³/mol. The molecule has 6 heteroatoms. The summed E-state index contributed by atoms with van der Waals surface area (Å²) < 4.78 is 5.84. The number of likely N-dealkylation sites (tertiary alicyclic amines) is 1. The van der Waals surface area contributed by atoms with Crippen molar-refractivity contribution in [3.63, 3.8) is 0 Å². The van der Waals surface area contributed by atoms with Crippen molar-refractivity contribution in [2.75, 3.05) is 37.6 Å². The van der Waals surface area contributed by atoms with Crippen molar-refractivity contribution in [3.05, 3.63) is 47.8 Å². The Morgan fingerprint density at radius 1 is 0.967 bits per heavy atom. The second-order valence-corrected chi connectivity index (χ2v) is 8.71. The van der Waals surface area contributed by atoms with Gasteiger partial charge in [-0.1, -0.05) is 6.07 Å². The maximum atomic E-state index is 12.0. The van der Waals surface area contributed by atoms with Crippen molar-refractivity contribution in [1.29, 1.82) is 0 Å². The zero-order chi connectivity index (χ0) is 20.9. The highest BCUT2D eigenvalue weighted by atomic mass is 16.5. The molecule has 0 atom stereocenters. The molecule has 1 amide bonds. The lowest BCUT2D eigenvalue weighted by atomic mass is 10.1. The van der Waals surface area contributed by atoms with Gasteiger partial charge < -0.3 is 19.5 Å². The van der Waals surface area contributed by atoms with Crippen LogP contribution in [0.3, 0.4) is 0 Å². The monoisotopic (exact) mass is 410 g/mol. The van der Waals surface area contributed by atoms with E-state index in [2.05, 4.69) is 59.0 Å². The Morgan fingerprint density at radius 2 is 1.73 bits per heavy atom. The molecular formula is C24H34N4O2. The van der Waals surface area contributed by atoms with Gasteiger partial charge in [0.2, 0.25) is 5.91 Å². The third-order valence-electron chi connectivity index (χ3n) is 5.91. The first kappa shape index (κ1) is 20.8. The Hall–Kier alpha value is -2.47. The number of H-pyrrole nitrogens is 1. The molecule has 3 heterocycles. The largest absolute Gasteiger partial charge is 0.491 e. The van der Waals surface area contributed by atoms with Crippen LogP contribution in [0.2, 0.25) is 0 Å². The number of hydrogen-bond acceptors (Lipinski definition) is 4. The summed E-state index contributed by atoms with van der Waals surface area (Å²) in [4.78, 5) is 22.5. The number of nitrogens with one attached hydrogen (secondary N) is 1. The van der Waals surface area contributed by atoms with E-state index in [1.807, 2.05) is 11.0 Å². The molecular weight excluding hydrogens is 376 g/mol. The van der Waals surface area contributed by atoms with Gasteiger partial charge in [-0.25, -0.2) is 0 Å². The third kappa shape index (κ3) is 5.36. The fourth-order valence-corrected chi connectivity index (χ4v) is 4.34. The summed E-state index contributed by atoms with van der Waals surface area (Å²) in [5.74, 6) is 1.23. The first-order chi connectivity index (χ1) is 14.6. The second kappa shape index (κ2) is 9.56. The summed E-state index contributed by atoms with van der Waals surface area (Å²) in [5, 5.41) is 0. The molecule has 0 aliphatic carbocycles. The van der Waals surface area contributed by atoms with Gasteiger partial charge in [0.25, 0.3) is 0 Å². The molecule has 0 saturated carbocycles. The van der Waals surface area contributed by atoms with Gasteiger partial charge in [0.15, 0.2) is 0 Å². The average Bonchev–Trinajstić information content (AvgIpc) is 3.17. The molecule has 6 nitrogen and oxygen atoms in total. The van der Waals surface area contributed by atoms with Crippen LogP contribution in [0.25, 0.3) is 0 Å². The minimum absolute atomic E-state index is 0.191. The van der Waals surface area contributed by atoms with Gasteiger partial charge in [-0.15, -0.1) is 0 Å². The summed E-state index contributed by atoms with van der Waals surface area (Å²) in [6, 6.07) is 12.7. The smallest absolute Gasteiger partial charge is 0.222 e. The molecule has 2 fully saturated rings. The van der Waals surface area contributed by atoms with Gasteiger partial charge in [-0.2, -0.15) is 0 Å². The zero-order valence-electron chi connectivity index (χ0n) is 18.3. The van der Waals surface area contributed by atoms with Gasteiger partial charge in [-0.3, -0.25) is 9.69 Å². The van der Waals surface area contributed by atoms with Gasteiger partial charge in [0.05, 0.1) is 12.6 Å². The van der Waals surface area contributed by atoms with E-state index in [1.54, 1.807) is 0 Å². The van der Waals surface area contributed by atoms with E-state index in [9.17, 15) is 4.79 Å². The van der Waals surface area contributed by atoms with Gasteiger partial charge in [0, 0.05) is 68.8 Å². The number of nitrogens with zero attached hydrogens (tertiary/aromatic N) is 3. The van der Waals surface area contributed by atoms with E-state index in [0.29, 0.717) is 13.0 Å². The number of rotatable bonds is 7. The van der Waals surface area contributed by atoms with E-state index in [0.717, 1.165) is 63.6 Å². The quantitative estimate of drug-likeness (QED) is 0.757. The number of amides is 1. The Morgan fingerprint density at radius 3 is 2.47 bits per heavy atom. The van der Waals surface area contributed by atoms with E-state index in [4.69, 9.17) is 4.74 Å². The van der Waals surface area contributed by atoms with Crippen LogP contribution in [-0.4, -0.2) is 59.5 Å². The minimum Gasteiger partial charge on any atom is -0.491 e. The number of hydrogen-bond donors (Lipinski definition) is 1. The highest BCUT2D eigenvalue weighted by molar-refractivity contribution is 5.76. The number of piperazine rings is 1. The van der Waals surface area contributed by atoms with Gasteiger partial charge in [0.1, 0.15) is 5.75 Å².